The smallest absolute Gasteiger partial charge is 0.300 e. The van der Waals surface area contributed by atoms with Gasteiger partial charge >= 0.3 is 0 Å². The lowest BCUT2D eigenvalue weighted by atomic mass is 9.98. The van der Waals surface area contributed by atoms with E-state index in [1.165, 1.54) is 4.90 Å². The van der Waals surface area contributed by atoms with E-state index >= 15 is 0 Å². The number of carbonyl (C=O) groups is 2. The second-order valence-corrected chi connectivity index (χ2v) is 8.26. The predicted molar refractivity (Wildman–Crippen MR) is 118 cm³/mol. The number of Topliss-reactive ketones (excluding diaryl/α,β-unsaturated/α-hetero) is 1. The van der Waals surface area contributed by atoms with Crippen molar-refractivity contribution in [1.82, 2.24) is 0 Å². The number of hydrogen-bond donors (Lipinski definition) is 1. The summed E-state index contributed by atoms with van der Waals surface area (Å²) in [6, 6.07) is 15.2. The lowest BCUT2D eigenvalue weighted by molar-refractivity contribution is -0.132. The van der Waals surface area contributed by atoms with E-state index in [2.05, 4.69) is 15.9 Å². The molecule has 5 nitrogen and oxygen atoms in total. The fourth-order valence-corrected chi connectivity index (χ4v) is 3.97. The van der Waals surface area contributed by atoms with Crippen LogP contribution in [0.5, 0.6) is 0 Å². The van der Waals surface area contributed by atoms with E-state index in [-0.39, 0.29) is 11.3 Å². The highest BCUT2D eigenvalue weighted by molar-refractivity contribution is 9.10. The molecule has 0 saturated carbocycles. The molecule has 152 valence electrons. The maximum absolute atomic E-state index is 13.1. The molecule has 0 aliphatic carbocycles. The number of hydrogen-bond acceptors (Lipinski definition) is 4. The van der Waals surface area contributed by atoms with Gasteiger partial charge in [0.2, 0.25) is 0 Å². The third-order valence-electron chi connectivity index (χ3n) is 5.43. The second-order valence-electron chi connectivity index (χ2n) is 7.34. The molecule has 2 aromatic carbocycles. The summed E-state index contributed by atoms with van der Waals surface area (Å²) < 4.78 is 6.66. The Labute approximate surface area is 182 Å². The Morgan fingerprint density at radius 2 is 1.70 bits per heavy atom. The van der Waals surface area contributed by atoms with E-state index in [0.717, 1.165) is 15.6 Å². The molecule has 1 unspecified atom stereocenters. The van der Waals surface area contributed by atoms with Gasteiger partial charge in [0.25, 0.3) is 11.7 Å². The van der Waals surface area contributed by atoms with Gasteiger partial charge in [-0.15, -0.1) is 0 Å². The zero-order chi connectivity index (χ0) is 21.6. The maximum atomic E-state index is 13.1. The van der Waals surface area contributed by atoms with E-state index in [9.17, 15) is 14.7 Å². The minimum atomic E-state index is -0.858. The van der Waals surface area contributed by atoms with Crippen LogP contribution in [0, 0.1) is 20.8 Å². The summed E-state index contributed by atoms with van der Waals surface area (Å²) in [4.78, 5) is 27.7. The molecule has 4 rings (SSSR count). The number of nitrogens with zero attached hydrogens (tertiary/aromatic N) is 1. The summed E-state index contributed by atoms with van der Waals surface area (Å²) in [5, 5.41) is 11.0. The summed E-state index contributed by atoms with van der Waals surface area (Å²) in [5.41, 5.74) is 2.96. The Morgan fingerprint density at radius 3 is 2.33 bits per heavy atom. The molecular formula is C24H20BrNO4. The normalized spacial score (nSPS) is 18.3. The molecule has 0 bridgehead atoms. The number of furan rings is 1. The fourth-order valence-electron chi connectivity index (χ4n) is 3.71. The van der Waals surface area contributed by atoms with Gasteiger partial charge in [-0.05, 0) is 62.2 Å². The molecule has 2 heterocycles. The Balaban J connectivity index is 1.97. The summed E-state index contributed by atoms with van der Waals surface area (Å²) in [6.07, 6.45) is 0. The monoisotopic (exact) mass is 465 g/mol. The summed E-state index contributed by atoms with van der Waals surface area (Å²) in [7, 11) is 0. The minimum Gasteiger partial charge on any atom is -0.507 e. The number of carbonyl (C=O) groups excluding carboxylic acids is 2. The fraction of sp³-hybridized carbons (Fsp3) is 0.167. The number of aliphatic hydroxyl groups is 1. The van der Waals surface area contributed by atoms with Gasteiger partial charge in [0.05, 0.1) is 5.57 Å². The van der Waals surface area contributed by atoms with Gasteiger partial charge in [-0.25, -0.2) is 0 Å². The van der Waals surface area contributed by atoms with Crippen LogP contribution < -0.4 is 4.90 Å². The highest BCUT2D eigenvalue weighted by Crippen LogP contribution is 2.43. The standard InChI is InChI=1S/C24H20BrNO4/c1-13-5-4-6-18(15(13)3)26-21(19-12-7-14(2)30-19)20(23(28)24(26)29)22(27)16-8-10-17(25)11-9-16/h4-12,21,27H,1-3H3/b22-20-. The third kappa shape index (κ3) is 3.27. The number of rotatable bonds is 3. The third-order valence-corrected chi connectivity index (χ3v) is 5.96. The van der Waals surface area contributed by atoms with Gasteiger partial charge in [0.15, 0.2) is 0 Å². The van der Waals surface area contributed by atoms with Gasteiger partial charge in [-0.3, -0.25) is 14.5 Å². The van der Waals surface area contributed by atoms with E-state index < -0.39 is 17.7 Å². The minimum absolute atomic E-state index is 0.0116. The van der Waals surface area contributed by atoms with Gasteiger partial charge in [-0.2, -0.15) is 0 Å². The van der Waals surface area contributed by atoms with Gasteiger partial charge < -0.3 is 9.52 Å². The number of amides is 1. The number of ketones is 1. The molecule has 1 atom stereocenters. The molecule has 3 aromatic rings. The van der Waals surface area contributed by atoms with Crippen LogP contribution in [-0.4, -0.2) is 16.8 Å². The number of benzene rings is 2. The quantitative estimate of drug-likeness (QED) is 0.310. The average molecular weight is 466 g/mol. The molecule has 0 spiro atoms. The molecule has 1 N–H and O–H groups in total. The first-order valence-electron chi connectivity index (χ1n) is 9.49. The summed E-state index contributed by atoms with van der Waals surface area (Å²) in [6.45, 7) is 5.65. The first kappa shape index (κ1) is 20.2. The van der Waals surface area contributed by atoms with Crippen LogP contribution in [0.4, 0.5) is 5.69 Å². The van der Waals surface area contributed by atoms with Crippen molar-refractivity contribution in [3.63, 3.8) is 0 Å². The summed E-state index contributed by atoms with van der Waals surface area (Å²) >= 11 is 3.36. The highest BCUT2D eigenvalue weighted by atomic mass is 79.9. The average Bonchev–Trinajstić information content (AvgIpc) is 3.26. The molecule has 1 aromatic heterocycles. The number of anilines is 1. The van der Waals surface area contributed by atoms with Crippen LogP contribution in [0.15, 0.2) is 69.1 Å². The van der Waals surface area contributed by atoms with Gasteiger partial charge in [0.1, 0.15) is 23.3 Å². The molecule has 1 aliphatic heterocycles. The first-order chi connectivity index (χ1) is 14.3. The van der Waals surface area contributed by atoms with Crippen molar-refractivity contribution in [2.45, 2.75) is 26.8 Å². The first-order valence-corrected chi connectivity index (χ1v) is 10.3. The van der Waals surface area contributed by atoms with E-state index in [4.69, 9.17) is 4.42 Å². The summed E-state index contributed by atoms with van der Waals surface area (Å²) in [5.74, 6) is -0.587. The molecule has 1 fully saturated rings. The lowest BCUT2D eigenvalue weighted by Gasteiger charge is -2.25. The Kier molecular flexibility index (Phi) is 5.12. The molecule has 1 aliphatic rings. The van der Waals surface area contributed by atoms with Gasteiger partial charge in [0, 0.05) is 15.7 Å². The van der Waals surface area contributed by atoms with Crippen molar-refractivity contribution in [3.8, 4) is 0 Å². The topological polar surface area (TPSA) is 70.8 Å². The zero-order valence-electron chi connectivity index (χ0n) is 16.8. The number of aliphatic hydroxyl groups excluding tert-OH is 1. The number of halogens is 1. The van der Waals surface area contributed by atoms with Crippen LogP contribution in [0.3, 0.4) is 0 Å². The maximum Gasteiger partial charge on any atom is 0.300 e. The van der Waals surface area contributed by atoms with Crippen molar-refractivity contribution in [2.75, 3.05) is 4.90 Å². The number of aryl methyl sites for hydroxylation is 2. The van der Waals surface area contributed by atoms with Crippen LogP contribution in [0.1, 0.15) is 34.3 Å². The van der Waals surface area contributed by atoms with Crippen LogP contribution in [0.2, 0.25) is 0 Å². The molecule has 6 heteroatoms. The Bertz CT molecular complexity index is 1190. The molecular weight excluding hydrogens is 446 g/mol. The highest BCUT2D eigenvalue weighted by Gasteiger charge is 2.48. The van der Waals surface area contributed by atoms with Gasteiger partial charge in [-0.1, -0.05) is 40.2 Å². The van der Waals surface area contributed by atoms with Crippen LogP contribution >= 0.6 is 15.9 Å². The lowest BCUT2D eigenvalue weighted by Crippen LogP contribution is -2.30. The van der Waals surface area contributed by atoms with Crippen molar-refractivity contribution in [2.24, 2.45) is 0 Å². The van der Waals surface area contributed by atoms with Crippen molar-refractivity contribution >= 4 is 39.1 Å². The predicted octanol–water partition coefficient (Wildman–Crippen LogP) is 5.59. The van der Waals surface area contributed by atoms with Crippen molar-refractivity contribution in [1.29, 1.82) is 0 Å². The van der Waals surface area contributed by atoms with E-state index in [1.807, 2.05) is 26.0 Å². The SMILES string of the molecule is Cc1ccc(C2/C(=C(/O)c3ccc(Br)cc3)C(=O)C(=O)N2c2cccc(C)c2C)o1. The van der Waals surface area contributed by atoms with E-state index in [1.54, 1.807) is 49.4 Å². The molecule has 1 saturated heterocycles. The van der Waals surface area contributed by atoms with E-state index in [0.29, 0.717) is 22.8 Å². The molecule has 0 radical (unpaired) electrons. The van der Waals surface area contributed by atoms with Crippen LogP contribution in [-0.2, 0) is 9.59 Å². The Hall–Kier alpha value is -3.12. The Morgan fingerprint density at radius 1 is 1.00 bits per heavy atom. The van der Waals surface area contributed by atoms with Crippen LogP contribution in [0.25, 0.3) is 5.76 Å². The van der Waals surface area contributed by atoms with Crippen molar-refractivity contribution < 1.29 is 19.1 Å². The molecule has 1 amide bonds. The zero-order valence-corrected chi connectivity index (χ0v) is 18.4. The largest absolute Gasteiger partial charge is 0.507 e. The van der Waals surface area contributed by atoms with Crippen molar-refractivity contribution in [3.05, 3.63) is 92.9 Å². The second kappa shape index (κ2) is 7.61. The molecule has 30 heavy (non-hydrogen) atoms.